The van der Waals surface area contributed by atoms with Crippen LogP contribution in [0.15, 0.2) is 58.4 Å². The number of sulfonamides is 1. The summed E-state index contributed by atoms with van der Waals surface area (Å²) in [6.45, 7) is 3.08. The van der Waals surface area contributed by atoms with Gasteiger partial charge in [0.15, 0.2) is 0 Å². The predicted molar refractivity (Wildman–Crippen MR) is 102 cm³/mol. The summed E-state index contributed by atoms with van der Waals surface area (Å²) in [6, 6.07) is 13.1. The van der Waals surface area contributed by atoms with Gasteiger partial charge in [0.1, 0.15) is 5.84 Å². The van der Waals surface area contributed by atoms with E-state index in [1.54, 1.807) is 24.3 Å². The van der Waals surface area contributed by atoms with Gasteiger partial charge in [-0.15, -0.1) is 0 Å². The van der Waals surface area contributed by atoms with E-state index in [4.69, 9.17) is 0 Å². The van der Waals surface area contributed by atoms with Gasteiger partial charge in [-0.05, 0) is 55.0 Å². The Morgan fingerprint density at radius 2 is 1.69 bits per heavy atom. The molecule has 136 valence electrons. The number of nitrogens with one attached hydrogen (secondary N) is 3. The van der Waals surface area contributed by atoms with E-state index in [0.29, 0.717) is 11.4 Å². The zero-order valence-electron chi connectivity index (χ0n) is 14.3. The predicted octanol–water partition coefficient (Wildman–Crippen LogP) is 2.19. The van der Waals surface area contributed by atoms with Gasteiger partial charge in [0.2, 0.25) is 5.91 Å². The molecular weight excluding hydrogens is 352 g/mol. The third-order valence-electron chi connectivity index (χ3n) is 3.79. The lowest BCUT2D eigenvalue weighted by atomic mass is 10.1. The first kappa shape index (κ1) is 17.9. The molecule has 8 heteroatoms. The Balaban J connectivity index is 1.72. The SMILES string of the molecule is CC(=O)Nc1ccc(S(=O)(=O)Nc2ccc(C3=NCCCN3)cc2)cc1. The van der Waals surface area contributed by atoms with Gasteiger partial charge < -0.3 is 10.6 Å². The smallest absolute Gasteiger partial charge is 0.261 e. The Morgan fingerprint density at radius 3 is 2.27 bits per heavy atom. The number of hydrogen-bond acceptors (Lipinski definition) is 5. The molecule has 0 saturated heterocycles. The monoisotopic (exact) mass is 372 g/mol. The van der Waals surface area contributed by atoms with Crippen molar-refractivity contribution in [1.82, 2.24) is 5.32 Å². The molecule has 1 heterocycles. The fraction of sp³-hybridized carbons (Fsp3) is 0.222. The summed E-state index contributed by atoms with van der Waals surface area (Å²) in [4.78, 5) is 15.6. The Labute approximate surface area is 152 Å². The third kappa shape index (κ3) is 4.40. The molecule has 7 nitrogen and oxygen atoms in total. The van der Waals surface area contributed by atoms with Crippen LogP contribution in [-0.4, -0.2) is 33.3 Å². The standard InChI is InChI=1S/C18H20N4O3S/c1-13(23)21-15-7-9-17(10-8-15)26(24,25)22-16-5-3-14(4-6-16)18-19-11-2-12-20-18/h3-10,22H,2,11-12H2,1H3,(H,19,20)(H,21,23). The van der Waals surface area contributed by atoms with Crippen LogP contribution in [0.3, 0.4) is 0 Å². The maximum atomic E-state index is 12.5. The van der Waals surface area contributed by atoms with Crippen molar-refractivity contribution < 1.29 is 13.2 Å². The van der Waals surface area contributed by atoms with E-state index in [-0.39, 0.29) is 10.8 Å². The van der Waals surface area contributed by atoms with Crippen LogP contribution in [0.4, 0.5) is 11.4 Å². The van der Waals surface area contributed by atoms with Gasteiger partial charge in [-0.2, -0.15) is 0 Å². The molecule has 3 N–H and O–H groups in total. The summed E-state index contributed by atoms with van der Waals surface area (Å²) in [7, 11) is -3.70. The highest BCUT2D eigenvalue weighted by molar-refractivity contribution is 7.92. The minimum atomic E-state index is -3.70. The number of benzene rings is 2. The molecule has 1 aliphatic heterocycles. The molecule has 0 aliphatic carbocycles. The second kappa shape index (κ2) is 7.57. The lowest BCUT2D eigenvalue weighted by Crippen LogP contribution is -2.30. The topological polar surface area (TPSA) is 99.7 Å². The van der Waals surface area contributed by atoms with Crippen LogP contribution in [0.5, 0.6) is 0 Å². The van der Waals surface area contributed by atoms with Crippen LogP contribution in [0.1, 0.15) is 18.9 Å². The number of nitrogens with zero attached hydrogens (tertiary/aromatic N) is 1. The summed E-state index contributed by atoms with van der Waals surface area (Å²) >= 11 is 0. The maximum absolute atomic E-state index is 12.5. The van der Waals surface area contributed by atoms with Crippen LogP contribution < -0.4 is 15.4 Å². The number of amidine groups is 1. The molecule has 0 radical (unpaired) electrons. The first-order valence-corrected chi connectivity index (χ1v) is 9.71. The van der Waals surface area contributed by atoms with E-state index in [1.807, 2.05) is 12.1 Å². The molecule has 0 atom stereocenters. The van der Waals surface area contributed by atoms with Crippen molar-refractivity contribution in [3.63, 3.8) is 0 Å². The molecule has 0 bridgehead atoms. The second-order valence-corrected chi connectivity index (χ2v) is 7.58. The number of amides is 1. The molecule has 0 unspecified atom stereocenters. The molecule has 0 saturated carbocycles. The van der Waals surface area contributed by atoms with E-state index in [9.17, 15) is 13.2 Å². The highest BCUT2D eigenvalue weighted by atomic mass is 32.2. The van der Waals surface area contributed by atoms with Gasteiger partial charge in [0.05, 0.1) is 4.90 Å². The summed E-state index contributed by atoms with van der Waals surface area (Å²) in [5.41, 5.74) is 1.94. The maximum Gasteiger partial charge on any atom is 0.261 e. The molecule has 3 rings (SSSR count). The summed E-state index contributed by atoms with van der Waals surface area (Å²) < 4.78 is 27.5. The van der Waals surface area contributed by atoms with E-state index in [1.165, 1.54) is 19.1 Å². The van der Waals surface area contributed by atoms with Crippen molar-refractivity contribution in [2.75, 3.05) is 23.1 Å². The van der Waals surface area contributed by atoms with Crippen LogP contribution >= 0.6 is 0 Å². The minimum absolute atomic E-state index is 0.119. The van der Waals surface area contributed by atoms with E-state index in [2.05, 4.69) is 20.3 Å². The van der Waals surface area contributed by atoms with Crippen LogP contribution in [0.25, 0.3) is 0 Å². The fourth-order valence-electron chi connectivity index (χ4n) is 2.56. The lowest BCUT2D eigenvalue weighted by molar-refractivity contribution is -0.114. The minimum Gasteiger partial charge on any atom is -0.370 e. The molecule has 2 aromatic carbocycles. The first-order chi connectivity index (χ1) is 12.4. The van der Waals surface area contributed by atoms with Crippen molar-refractivity contribution in [1.29, 1.82) is 0 Å². The second-order valence-electron chi connectivity index (χ2n) is 5.90. The zero-order valence-corrected chi connectivity index (χ0v) is 15.1. The van der Waals surface area contributed by atoms with Crippen molar-refractivity contribution in [3.8, 4) is 0 Å². The Morgan fingerprint density at radius 1 is 1.04 bits per heavy atom. The molecule has 2 aromatic rings. The number of carbonyl (C=O) groups excluding carboxylic acids is 1. The number of aliphatic imine (C=N–C) groups is 1. The number of carbonyl (C=O) groups is 1. The number of anilines is 2. The first-order valence-electron chi connectivity index (χ1n) is 8.23. The van der Waals surface area contributed by atoms with Gasteiger partial charge in [-0.3, -0.25) is 14.5 Å². The summed E-state index contributed by atoms with van der Waals surface area (Å²) in [6.07, 6.45) is 1.02. The third-order valence-corrected chi connectivity index (χ3v) is 5.19. The van der Waals surface area contributed by atoms with Crippen molar-refractivity contribution in [2.24, 2.45) is 4.99 Å². The van der Waals surface area contributed by atoms with Crippen molar-refractivity contribution >= 4 is 33.1 Å². The zero-order chi connectivity index (χ0) is 18.6. The molecule has 0 fully saturated rings. The van der Waals surface area contributed by atoms with Gasteiger partial charge in [0, 0.05) is 37.0 Å². The quantitative estimate of drug-likeness (QED) is 0.749. The molecular formula is C18H20N4O3S. The van der Waals surface area contributed by atoms with E-state index in [0.717, 1.165) is 30.9 Å². The van der Waals surface area contributed by atoms with E-state index >= 15 is 0 Å². The summed E-state index contributed by atoms with van der Waals surface area (Å²) in [5.74, 6) is 0.620. The lowest BCUT2D eigenvalue weighted by Gasteiger charge is -2.15. The van der Waals surface area contributed by atoms with Gasteiger partial charge in [-0.1, -0.05) is 0 Å². The normalized spacial score (nSPS) is 14.1. The number of hydrogen-bond donors (Lipinski definition) is 3. The molecule has 0 spiro atoms. The van der Waals surface area contributed by atoms with Crippen LogP contribution in [0.2, 0.25) is 0 Å². The summed E-state index contributed by atoms with van der Waals surface area (Å²) in [5, 5.41) is 5.83. The van der Waals surface area contributed by atoms with Gasteiger partial charge >= 0.3 is 0 Å². The largest absolute Gasteiger partial charge is 0.370 e. The van der Waals surface area contributed by atoms with E-state index < -0.39 is 10.0 Å². The molecule has 1 amide bonds. The van der Waals surface area contributed by atoms with Gasteiger partial charge in [0.25, 0.3) is 10.0 Å². The highest BCUT2D eigenvalue weighted by Gasteiger charge is 2.15. The fourth-order valence-corrected chi connectivity index (χ4v) is 3.62. The average molecular weight is 372 g/mol. The Hall–Kier alpha value is -2.87. The molecule has 0 aromatic heterocycles. The van der Waals surface area contributed by atoms with Crippen LogP contribution in [-0.2, 0) is 14.8 Å². The number of rotatable bonds is 5. The highest BCUT2D eigenvalue weighted by Crippen LogP contribution is 2.19. The Bertz CT molecular complexity index is 920. The molecule has 1 aliphatic rings. The van der Waals surface area contributed by atoms with Crippen LogP contribution in [0, 0.1) is 0 Å². The van der Waals surface area contributed by atoms with Gasteiger partial charge in [-0.25, -0.2) is 8.42 Å². The average Bonchev–Trinajstić information content (AvgIpc) is 2.63. The molecule has 26 heavy (non-hydrogen) atoms. The Kier molecular flexibility index (Phi) is 5.22. The van der Waals surface area contributed by atoms with Crippen molar-refractivity contribution in [2.45, 2.75) is 18.2 Å². The van der Waals surface area contributed by atoms with Crippen molar-refractivity contribution in [3.05, 3.63) is 54.1 Å².